The van der Waals surface area contributed by atoms with Crippen LogP contribution in [0.4, 0.5) is 4.39 Å². The van der Waals surface area contributed by atoms with E-state index in [9.17, 15) is 4.39 Å². The minimum atomic E-state index is -0.344. The molecule has 2 fully saturated rings. The highest BCUT2D eigenvalue weighted by Gasteiger charge is 2.41. The molecule has 0 aromatic heterocycles. The van der Waals surface area contributed by atoms with E-state index in [-0.39, 0.29) is 31.8 Å². The summed E-state index contributed by atoms with van der Waals surface area (Å²) in [6.07, 6.45) is -0.590. The molecule has 0 spiro atoms. The molecule has 2 rings (SSSR count). The molecule has 3 atom stereocenters. The molecular weight excluding hydrogens is 177 g/mol. The fourth-order valence-electron chi connectivity index (χ4n) is 1.85. The quantitative estimate of drug-likeness (QED) is 0.645. The van der Waals surface area contributed by atoms with Crippen molar-refractivity contribution in [2.45, 2.75) is 18.5 Å². The zero-order valence-electron chi connectivity index (χ0n) is 7.36. The fourth-order valence-corrected chi connectivity index (χ4v) is 1.85. The Morgan fingerprint density at radius 1 is 1.38 bits per heavy atom. The second-order valence-corrected chi connectivity index (χ2v) is 3.41. The van der Waals surface area contributed by atoms with E-state index in [1.54, 1.807) is 0 Å². The lowest BCUT2D eigenvalue weighted by Gasteiger charge is -2.29. The maximum Gasteiger partial charge on any atom is 0.171 e. The number of rotatable bonds is 3. The third kappa shape index (κ3) is 1.83. The zero-order valence-corrected chi connectivity index (χ0v) is 7.36. The number of nitrogens with zero attached hydrogens (tertiary/aromatic N) is 1. The molecule has 2 heterocycles. The van der Waals surface area contributed by atoms with Crippen LogP contribution >= 0.6 is 0 Å². The molecule has 4 nitrogen and oxygen atoms in total. The summed E-state index contributed by atoms with van der Waals surface area (Å²) in [5, 5.41) is 8.93. The minimum absolute atomic E-state index is 0.0232. The standard InChI is InChI=1S/C8H14FNO3/c9-1-2-10-3-6-7(5-11)13-8(4-10)12-6/h6-8,11H,1-5H2/t6-,7+,8-/m0/s1. The van der Waals surface area contributed by atoms with Crippen LogP contribution in [0, 0.1) is 0 Å². The predicted molar refractivity (Wildman–Crippen MR) is 43.0 cm³/mol. The van der Waals surface area contributed by atoms with Gasteiger partial charge in [0.1, 0.15) is 18.9 Å². The van der Waals surface area contributed by atoms with Gasteiger partial charge in [0.2, 0.25) is 0 Å². The monoisotopic (exact) mass is 191 g/mol. The van der Waals surface area contributed by atoms with Gasteiger partial charge in [-0.25, -0.2) is 4.39 Å². The van der Waals surface area contributed by atoms with Crippen molar-refractivity contribution in [3.05, 3.63) is 0 Å². The molecule has 0 amide bonds. The summed E-state index contributed by atoms with van der Waals surface area (Å²) in [5.41, 5.74) is 0. The maximum atomic E-state index is 12.1. The number of alkyl halides is 1. The Hall–Kier alpha value is -0.230. The van der Waals surface area contributed by atoms with E-state index in [1.165, 1.54) is 0 Å². The average molecular weight is 191 g/mol. The fraction of sp³-hybridized carbons (Fsp3) is 1.00. The van der Waals surface area contributed by atoms with Gasteiger partial charge >= 0.3 is 0 Å². The summed E-state index contributed by atoms with van der Waals surface area (Å²) in [6, 6.07) is 0. The summed E-state index contributed by atoms with van der Waals surface area (Å²) in [6.45, 7) is 1.33. The molecule has 5 heteroatoms. The maximum absolute atomic E-state index is 12.1. The van der Waals surface area contributed by atoms with Crippen molar-refractivity contribution in [3.63, 3.8) is 0 Å². The van der Waals surface area contributed by atoms with Gasteiger partial charge in [-0.2, -0.15) is 0 Å². The Morgan fingerprint density at radius 2 is 2.23 bits per heavy atom. The van der Waals surface area contributed by atoms with Crippen LogP contribution in [0.2, 0.25) is 0 Å². The van der Waals surface area contributed by atoms with Gasteiger partial charge in [-0.05, 0) is 0 Å². The first kappa shape index (κ1) is 9.33. The van der Waals surface area contributed by atoms with Gasteiger partial charge in [-0.15, -0.1) is 0 Å². The number of ether oxygens (including phenoxy) is 2. The van der Waals surface area contributed by atoms with Crippen LogP contribution in [0.15, 0.2) is 0 Å². The van der Waals surface area contributed by atoms with Crippen LogP contribution < -0.4 is 0 Å². The molecule has 0 aliphatic carbocycles. The second-order valence-electron chi connectivity index (χ2n) is 3.41. The second kappa shape index (κ2) is 3.88. The lowest BCUT2D eigenvalue weighted by atomic mass is 10.2. The van der Waals surface area contributed by atoms with Gasteiger partial charge in [0.05, 0.1) is 6.61 Å². The molecule has 2 aliphatic heterocycles. The predicted octanol–water partition coefficient (Wildman–Crippen LogP) is -0.626. The van der Waals surface area contributed by atoms with E-state index in [4.69, 9.17) is 14.6 Å². The first-order valence-electron chi connectivity index (χ1n) is 4.53. The van der Waals surface area contributed by atoms with Crippen LogP contribution in [-0.4, -0.2) is 61.4 Å². The number of hydrogen-bond donors (Lipinski definition) is 1. The third-order valence-corrected chi connectivity index (χ3v) is 2.49. The van der Waals surface area contributed by atoms with Crippen molar-refractivity contribution in [2.75, 3.05) is 32.9 Å². The van der Waals surface area contributed by atoms with Gasteiger partial charge in [0, 0.05) is 19.6 Å². The van der Waals surface area contributed by atoms with Gasteiger partial charge in [-0.1, -0.05) is 0 Å². The highest BCUT2D eigenvalue weighted by atomic mass is 19.1. The Bertz CT molecular complexity index is 181. The van der Waals surface area contributed by atoms with Gasteiger partial charge in [0.15, 0.2) is 6.29 Å². The molecule has 1 N–H and O–H groups in total. The molecule has 0 unspecified atom stereocenters. The molecular formula is C8H14FNO3. The Labute approximate surface area is 76.2 Å². The number of aliphatic hydroxyl groups excluding tert-OH is 1. The summed E-state index contributed by atoms with van der Waals surface area (Å²) < 4.78 is 22.9. The lowest BCUT2D eigenvalue weighted by molar-refractivity contribution is -0.112. The van der Waals surface area contributed by atoms with Gasteiger partial charge < -0.3 is 14.6 Å². The Morgan fingerprint density at radius 3 is 2.92 bits per heavy atom. The van der Waals surface area contributed by atoms with Crippen molar-refractivity contribution in [3.8, 4) is 0 Å². The summed E-state index contributed by atoms with van der Waals surface area (Å²) >= 11 is 0. The Balaban J connectivity index is 1.91. The summed E-state index contributed by atoms with van der Waals surface area (Å²) in [5.74, 6) is 0. The van der Waals surface area contributed by atoms with Gasteiger partial charge in [0.25, 0.3) is 0 Å². The first-order chi connectivity index (χ1) is 6.33. The molecule has 0 radical (unpaired) electrons. The van der Waals surface area contributed by atoms with E-state index in [1.807, 2.05) is 4.90 Å². The molecule has 2 aliphatic rings. The smallest absolute Gasteiger partial charge is 0.171 e. The van der Waals surface area contributed by atoms with Gasteiger partial charge in [-0.3, -0.25) is 4.90 Å². The van der Waals surface area contributed by atoms with Crippen LogP contribution in [-0.2, 0) is 9.47 Å². The number of morpholine rings is 1. The van der Waals surface area contributed by atoms with Crippen LogP contribution in [0.25, 0.3) is 0 Å². The Kier molecular flexibility index (Phi) is 2.78. The molecule has 13 heavy (non-hydrogen) atoms. The molecule has 0 saturated carbocycles. The number of aliphatic hydroxyl groups is 1. The third-order valence-electron chi connectivity index (χ3n) is 2.49. The summed E-state index contributed by atoms with van der Waals surface area (Å²) in [4.78, 5) is 1.97. The molecule has 0 aromatic rings. The normalized spacial score (nSPS) is 39.7. The van der Waals surface area contributed by atoms with E-state index in [0.717, 1.165) is 0 Å². The van der Waals surface area contributed by atoms with E-state index in [0.29, 0.717) is 19.6 Å². The summed E-state index contributed by atoms with van der Waals surface area (Å²) in [7, 11) is 0. The molecule has 76 valence electrons. The van der Waals surface area contributed by atoms with E-state index < -0.39 is 0 Å². The largest absolute Gasteiger partial charge is 0.394 e. The number of hydrogen-bond acceptors (Lipinski definition) is 4. The highest BCUT2D eigenvalue weighted by Crippen LogP contribution is 2.25. The highest BCUT2D eigenvalue weighted by molar-refractivity contribution is 4.85. The lowest BCUT2D eigenvalue weighted by Crippen LogP contribution is -2.45. The number of fused-ring (bicyclic) bond motifs is 2. The van der Waals surface area contributed by atoms with Crippen molar-refractivity contribution in [2.24, 2.45) is 0 Å². The first-order valence-corrected chi connectivity index (χ1v) is 4.53. The van der Waals surface area contributed by atoms with Crippen molar-refractivity contribution >= 4 is 0 Å². The van der Waals surface area contributed by atoms with Crippen molar-refractivity contribution < 1.29 is 19.0 Å². The van der Waals surface area contributed by atoms with E-state index >= 15 is 0 Å². The van der Waals surface area contributed by atoms with E-state index in [2.05, 4.69) is 0 Å². The average Bonchev–Trinajstić information content (AvgIpc) is 2.41. The topological polar surface area (TPSA) is 41.9 Å². The van der Waals surface area contributed by atoms with Crippen LogP contribution in [0.3, 0.4) is 0 Å². The number of halogens is 1. The van der Waals surface area contributed by atoms with Crippen molar-refractivity contribution in [1.82, 2.24) is 4.90 Å². The molecule has 0 aromatic carbocycles. The zero-order chi connectivity index (χ0) is 9.26. The SMILES string of the molecule is OC[C@H]1O[C@H]2CN(CCF)C[C@@H]1O2. The van der Waals surface area contributed by atoms with Crippen molar-refractivity contribution in [1.29, 1.82) is 0 Å². The minimum Gasteiger partial charge on any atom is -0.394 e. The van der Waals surface area contributed by atoms with Crippen LogP contribution in [0.1, 0.15) is 0 Å². The molecule has 2 bridgehead atoms. The van der Waals surface area contributed by atoms with Crippen LogP contribution in [0.5, 0.6) is 0 Å². The molecule has 2 saturated heterocycles.